The van der Waals surface area contributed by atoms with E-state index in [-0.39, 0.29) is 18.8 Å². The molecule has 3 heterocycles. The van der Waals surface area contributed by atoms with E-state index in [1.165, 1.54) is 0 Å². The largest absolute Gasteiger partial charge is 0.368 e. The fourth-order valence-corrected chi connectivity index (χ4v) is 3.47. The molecule has 0 aromatic rings. The Morgan fingerprint density at radius 2 is 2.00 bits per heavy atom. The molecule has 0 amide bonds. The zero-order valence-corrected chi connectivity index (χ0v) is 11.3. The minimum atomic E-state index is -0.768. The van der Waals surface area contributed by atoms with E-state index < -0.39 is 23.5 Å². The second-order valence-corrected chi connectivity index (χ2v) is 5.86. The highest BCUT2D eigenvalue weighted by Gasteiger charge is 2.64. The molecule has 20 heavy (non-hydrogen) atoms. The van der Waals surface area contributed by atoms with Crippen molar-refractivity contribution in [1.82, 2.24) is 0 Å². The number of ether oxygens (including phenoxy) is 3. The molecule has 0 radical (unpaired) electrons. The van der Waals surface area contributed by atoms with Crippen LogP contribution in [0.2, 0.25) is 0 Å². The predicted molar refractivity (Wildman–Crippen MR) is 67.6 cm³/mol. The van der Waals surface area contributed by atoms with Gasteiger partial charge in [-0.3, -0.25) is 0 Å². The molecule has 0 spiro atoms. The molecular weight excluding hydrogens is 264 g/mol. The Morgan fingerprint density at radius 3 is 2.70 bits per heavy atom. The van der Waals surface area contributed by atoms with Crippen LogP contribution in [0.15, 0.2) is 10.2 Å². The van der Waals surface area contributed by atoms with Crippen molar-refractivity contribution in [1.29, 1.82) is 0 Å². The third kappa shape index (κ3) is 1.91. The van der Waals surface area contributed by atoms with Crippen molar-refractivity contribution in [3.05, 3.63) is 20.9 Å². The lowest BCUT2D eigenvalue weighted by molar-refractivity contribution is -0.179. The lowest BCUT2D eigenvalue weighted by Crippen LogP contribution is -2.59. The molecule has 3 aliphatic heterocycles. The first-order valence-corrected chi connectivity index (χ1v) is 6.60. The zero-order valence-electron chi connectivity index (χ0n) is 11.3. The average molecular weight is 280 g/mol. The number of rotatable bonds is 3. The number of fused-ring (bicyclic) bond motifs is 4. The van der Waals surface area contributed by atoms with Crippen LogP contribution in [0.3, 0.4) is 0 Å². The van der Waals surface area contributed by atoms with Gasteiger partial charge in [0.05, 0.1) is 18.7 Å². The van der Waals surface area contributed by atoms with Crippen LogP contribution in [0.5, 0.6) is 0 Å². The summed E-state index contributed by atoms with van der Waals surface area (Å²) in [6.07, 6.45) is 0.478. The zero-order chi connectivity index (χ0) is 14.4. The van der Waals surface area contributed by atoms with Gasteiger partial charge in [-0.05, 0) is 37.8 Å². The summed E-state index contributed by atoms with van der Waals surface area (Å²) in [4.78, 5) is 5.71. The summed E-state index contributed by atoms with van der Waals surface area (Å²) >= 11 is 0. The average Bonchev–Trinajstić information content (AvgIpc) is 2.93. The van der Waals surface area contributed by atoms with Gasteiger partial charge in [-0.1, -0.05) is 10.2 Å². The van der Waals surface area contributed by atoms with Crippen LogP contribution in [0.1, 0.15) is 26.7 Å². The van der Waals surface area contributed by atoms with Crippen LogP contribution in [0.25, 0.3) is 20.9 Å². The Bertz CT molecular complexity index is 512. The SMILES string of the molecule is CC1(C)OC2[C@H](N=[N+]=[N-])C3CC[C@](CN=[N+]=[N-])(O3)[C@@H]2O1. The van der Waals surface area contributed by atoms with Crippen molar-refractivity contribution in [3.8, 4) is 0 Å². The van der Waals surface area contributed by atoms with Gasteiger partial charge in [0.1, 0.15) is 17.8 Å². The van der Waals surface area contributed by atoms with E-state index in [0.29, 0.717) is 6.42 Å². The van der Waals surface area contributed by atoms with Gasteiger partial charge in [-0.25, -0.2) is 0 Å². The van der Waals surface area contributed by atoms with Crippen LogP contribution in [0.4, 0.5) is 0 Å². The highest BCUT2D eigenvalue weighted by molar-refractivity contribution is 5.13. The van der Waals surface area contributed by atoms with E-state index in [2.05, 4.69) is 20.1 Å². The highest BCUT2D eigenvalue weighted by Crippen LogP contribution is 2.50. The lowest BCUT2D eigenvalue weighted by atomic mass is 9.88. The smallest absolute Gasteiger partial charge is 0.163 e. The van der Waals surface area contributed by atoms with Gasteiger partial charge in [-0.15, -0.1) is 0 Å². The molecule has 3 saturated heterocycles. The van der Waals surface area contributed by atoms with Crippen molar-refractivity contribution in [2.45, 2.75) is 62.4 Å². The quantitative estimate of drug-likeness (QED) is 0.447. The molecule has 3 aliphatic rings. The van der Waals surface area contributed by atoms with Crippen LogP contribution >= 0.6 is 0 Å². The maximum Gasteiger partial charge on any atom is 0.163 e. The Hall–Kier alpha value is -1.50. The van der Waals surface area contributed by atoms with E-state index in [9.17, 15) is 0 Å². The van der Waals surface area contributed by atoms with Gasteiger partial charge >= 0.3 is 0 Å². The van der Waals surface area contributed by atoms with Crippen molar-refractivity contribution in [2.24, 2.45) is 10.2 Å². The van der Waals surface area contributed by atoms with Crippen LogP contribution in [-0.4, -0.2) is 42.3 Å². The Balaban J connectivity index is 1.97. The Morgan fingerprint density at radius 1 is 1.20 bits per heavy atom. The monoisotopic (exact) mass is 280 g/mol. The summed E-state index contributed by atoms with van der Waals surface area (Å²) in [5.74, 6) is -0.768. The standard InChI is InChI=1S/C11H16N6O3/c1-10(2)19-8-7(15-17-13)6-3-4-11(18-6,5-14-16-12)9(8)20-10/h6-9H,3-5H2,1-2H3/t6?,7-,8?,9-,11-/m1/s1. The minimum absolute atomic E-state index is 0.198. The summed E-state index contributed by atoms with van der Waals surface area (Å²) in [5.41, 5.74) is 16.6. The molecule has 0 aromatic heterocycles. The molecule has 3 fully saturated rings. The summed E-state index contributed by atoms with van der Waals surface area (Å²) < 4.78 is 17.9. The lowest BCUT2D eigenvalue weighted by Gasteiger charge is -2.42. The van der Waals surface area contributed by atoms with E-state index in [4.69, 9.17) is 25.3 Å². The molecule has 0 N–H and O–H groups in total. The molecule has 2 unspecified atom stereocenters. The van der Waals surface area contributed by atoms with Crippen molar-refractivity contribution in [2.75, 3.05) is 6.54 Å². The van der Waals surface area contributed by atoms with Gasteiger partial charge < -0.3 is 14.2 Å². The molecule has 2 bridgehead atoms. The highest BCUT2D eigenvalue weighted by atomic mass is 16.8. The molecule has 0 aromatic carbocycles. The summed E-state index contributed by atoms with van der Waals surface area (Å²) in [6, 6.07) is -0.409. The van der Waals surface area contributed by atoms with E-state index >= 15 is 0 Å². The molecule has 0 aliphatic carbocycles. The topological polar surface area (TPSA) is 125 Å². The fraction of sp³-hybridized carbons (Fsp3) is 1.00. The second-order valence-electron chi connectivity index (χ2n) is 5.86. The van der Waals surface area contributed by atoms with Crippen molar-refractivity contribution in [3.63, 3.8) is 0 Å². The van der Waals surface area contributed by atoms with Gasteiger partial charge in [-0.2, -0.15) is 0 Å². The summed E-state index contributed by atoms with van der Waals surface area (Å²) in [6.45, 7) is 3.82. The van der Waals surface area contributed by atoms with Gasteiger partial charge in [0.2, 0.25) is 0 Å². The molecule has 0 saturated carbocycles. The van der Waals surface area contributed by atoms with Crippen LogP contribution in [0, 0.1) is 0 Å². The molecular formula is C11H16N6O3. The van der Waals surface area contributed by atoms with Crippen LogP contribution < -0.4 is 0 Å². The third-order valence-electron chi connectivity index (χ3n) is 4.19. The number of hydrogen-bond acceptors (Lipinski definition) is 5. The molecule has 9 nitrogen and oxygen atoms in total. The van der Waals surface area contributed by atoms with Crippen LogP contribution in [-0.2, 0) is 14.2 Å². The first kappa shape index (κ1) is 13.5. The fourth-order valence-electron chi connectivity index (χ4n) is 3.47. The van der Waals surface area contributed by atoms with Gasteiger partial charge in [0.25, 0.3) is 0 Å². The Kier molecular flexibility index (Phi) is 3.04. The third-order valence-corrected chi connectivity index (χ3v) is 4.19. The summed E-state index contributed by atoms with van der Waals surface area (Å²) in [7, 11) is 0. The minimum Gasteiger partial charge on any atom is -0.368 e. The first-order chi connectivity index (χ1) is 9.51. The predicted octanol–water partition coefficient (Wildman–Crippen LogP) is 2.43. The van der Waals surface area contributed by atoms with E-state index in [1.54, 1.807) is 0 Å². The Labute approximate surface area is 115 Å². The van der Waals surface area contributed by atoms with Crippen molar-refractivity contribution < 1.29 is 14.2 Å². The van der Waals surface area contributed by atoms with Gasteiger partial charge in [0.15, 0.2) is 5.79 Å². The molecule has 5 atom stereocenters. The maximum atomic E-state index is 8.74. The normalized spacial score (nSPS) is 44.3. The van der Waals surface area contributed by atoms with Gasteiger partial charge in [0, 0.05) is 9.82 Å². The molecule has 108 valence electrons. The number of hydrogen-bond donors (Lipinski definition) is 0. The molecule has 3 rings (SSSR count). The number of nitrogens with zero attached hydrogens (tertiary/aromatic N) is 6. The first-order valence-electron chi connectivity index (χ1n) is 6.60. The summed E-state index contributed by atoms with van der Waals surface area (Å²) in [5, 5.41) is 7.49. The second kappa shape index (κ2) is 4.51. The van der Waals surface area contributed by atoms with E-state index in [1.807, 2.05) is 13.8 Å². The number of azide groups is 2. The maximum absolute atomic E-state index is 8.74. The van der Waals surface area contributed by atoms with Crippen molar-refractivity contribution >= 4 is 0 Å². The molecule has 9 heteroatoms. The van der Waals surface area contributed by atoms with E-state index in [0.717, 1.165) is 6.42 Å².